The average Bonchev–Trinajstić information content (AvgIpc) is 3.12. The fourth-order valence-electron chi connectivity index (χ4n) is 8.19. The van der Waals surface area contributed by atoms with Gasteiger partial charge in [-0.15, -0.1) is 0 Å². The Hall–Kier alpha value is -1.34. The van der Waals surface area contributed by atoms with Crippen LogP contribution < -0.4 is 0 Å². The van der Waals surface area contributed by atoms with Crippen molar-refractivity contribution in [3.8, 4) is 0 Å². The Kier molecular flexibility index (Phi) is 4.57. The predicted octanol–water partition coefficient (Wildman–Crippen LogP) is 2.83. The maximum atomic E-state index is 13.2. The minimum atomic E-state index is -1.21. The molecule has 0 unspecified atom stereocenters. The Morgan fingerprint density at radius 2 is 2.03 bits per heavy atom. The van der Waals surface area contributed by atoms with Crippen molar-refractivity contribution in [2.75, 3.05) is 13.7 Å². The van der Waals surface area contributed by atoms with E-state index in [1.807, 2.05) is 20.9 Å². The smallest absolute Gasteiger partial charge is 0.193 e. The monoisotopic (exact) mass is 429 g/mol. The number of aliphatic hydroxyl groups is 2. The second-order valence-corrected chi connectivity index (χ2v) is 11.1. The topological polar surface area (TPSA) is 88.4 Å². The van der Waals surface area contributed by atoms with Gasteiger partial charge in [-0.1, -0.05) is 25.5 Å². The van der Waals surface area contributed by atoms with E-state index in [2.05, 4.69) is 37.1 Å². The molecule has 31 heavy (non-hydrogen) atoms. The second-order valence-electron chi connectivity index (χ2n) is 11.1. The molecule has 0 aromatic carbocycles. The molecule has 1 aliphatic heterocycles. The number of ether oxygens (including phenoxy) is 2. The molecule has 0 aromatic rings. The normalized spacial score (nSPS) is 51.0. The van der Waals surface area contributed by atoms with E-state index in [1.54, 1.807) is 0 Å². The lowest BCUT2D eigenvalue weighted by Crippen LogP contribution is -2.63. The van der Waals surface area contributed by atoms with Crippen LogP contribution in [0.4, 0.5) is 0 Å². The summed E-state index contributed by atoms with van der Waals surface area (Å²) in [5.74, 6) is -0.687. The van der Waals surface area contributed by atoms with E-state index in [0.29, 0.717) is 6.42 Å². The molecule has 6 nitrogen and oxygen atoms in total. The summed E-state index contributed by atoms with van der Waals surface area (Å²) in [5.41, 5.74) is 0.312. The third-order valence-electron chi connectivity index (χ3n) is 9.32. The molecule has 0 bridgehead atoms. The fraction of sp³-hybridized carbons (Fsp3) is 0.760. The first-order valence-corrected chi connectivity index (χ1v) is 11.6. The molecule has 0 amide bonds. The molecule has 5 rings (SSSR count). The zero-order valence-electron chi connectivity index (χ0n) is 19.2. The van der Waals surface area contributed by atoms with Gasteiger partial charge in [-0.05, 0) is 63.5 Å². The van der Waals surface area contributed by atoms with Gasteiger partial charge in [-0.3, -0.25) is 9.79 Å². The first kappa shape index (κ1) is 21.5. The van der Waals surface area contributed by atoms with Crippen LogP contribution in [0.3, 0.4) is 0 Å². The Morgan fingerprint density at radius 1 is 1.29 bits per heavy atom. The van der Waals surface area contributed by atoms with Gasteiger partial charge >= 0.3 is 0 Å². The highest BCUT2D eigenvalue weighted by molar-refractivity contribution is 6.05. The number of carbonyl (C=O) groups excluding carboxylic acids is 1. The summed E-state index contributed by atoms with van der Waals surface area (Å²) in [6, 6.07) is 0. The molecule has 0 spiro atoms. The van der Waals surface area contributed by atoms with Gasteiger partial charge in [0.25, 0.3) is 0 Å². The van der Waals surface area contributed by atoms with Crippen LogP contribution in [0, 0.1) is 28.6 Å². The Balaban J connectivity index is 1.58. The molecule has 170 valence electrons. The first-order valence-electron chi connectivity index (χ1n) is 11.6. The van der Waals surface area contributed by atoms with Crippen molar-refractivity contribution in [2.45, 2.75) is 77.0 Å². The van der Waals surface area contributed by atoms with Crippen molar-refractivity contribution in [3.63, 3.8) is 0 Å². The number of hydrogen-bond acceptors (Lipinski definition) is 6. The van der Waals surface area contributed by atoms with Crippen LogP contribution in [0.2, 0.25) is 0 Å². The molecule has 0 radical (unpaired) electrons. The minimum absolute atomic E-state index is 0.0772. The minimum Gasteiger partial charge on any atom is -0.393 e. The Labute approximate surface area is 184 Å². The molecule has 6 heteroatoms. The van der Waals surface area contributed by atoms with Crippen LogP contribution in [0.5, 0.6) is 0 Å². The third kappa shape index (κ3) is 2.59. The van der Waals surface area contributed by atoms with E-state index < -0.39 is 35.6 Å². The third-order valence-corrected chi connectivity index (χ3v) is 9.32. The average molecular weight is 430 g/mol. The summed E-state index contributed by atoms with van der Waals surface area (Å²) in [6.07, 6.45) is 8.63. The largest absolute Gasteiger partial charge is 0.393 e. The van der Waals surface area contributed by atoms with Crippen LogP contribution in [0.1, 0.15) is 53.4 Å². The van der Waals surface area contributed by atoms with Crippen molar-refractivity contribution < 1.29 is 24.5 Å². The second kappa shape index (κ2) is 6.60. The molecule has 1 heterocycles. The van der Waals surface area contributed by atoms with Crippen molar-refractivity contribution in [2.24, 2.45) is 33.6 Å². The van der Waals surface area contributed by atoms with Crippen molar-refractivity contribution >= 4 is 11.5 Å². The van der Waals surface area contributed by atoms with E-state index in [1.165, 1.54) is 5.57 Å². The van der Waals surface area contributed by atoms with E-state index in [0.717, 1.165) is 25.0 Å². The highest BCUT2D eigenvalue weighted by Crippen LogP contribution is 2.70. The van der Waals surface area contributed by atoms with E-state index in [-0.39, 0.29) is 29.0 Å². The van der Waals surface area contributed by atoms with Gasteiger partial charge in [-0.2, -0.15) is 0 Å². The van der Waals surface area contributed by atoms with Gasteiger partial charge in [0.2, 0.25) is 0 Å². The van der Waals surface area contributed by atoms with Gasteiger partial charge < -0.3 is 19.7 Å². The standard InChI is InChI=1S/C25H35NO5/c1-22(2)30-20-11-17-16-7-6-14-10-15(26-5)8-9-23(14,3)21(16)18(28)12-24(17,4)25(20,31-22)19(29)13-27/h8-10,16-18,20-21,27-28H,6-7,11-13H2,1-5H3/t16-,17-,18-,20+,21+,23-,24-,25+/m0/s1. The number of carbonyl (C=O) groups is 1. The van der Waals surface area contributed by atoms with Gasteiger partial charge in [0, 0.05) is 23.8 Å². The molecule has 4 fully saturated rings. The molecule has 2 N–H and O–H groups in total. The van der Waals surface area contributed by atoms with Crippen molar-refractivity contribution in [1.29, 1.82) is 0 Å². The highest BCUT2D eigenvalue weighted by atomic mass is 16.8. The Morgan fingerprint density at radius 3 is 2.71 bits per heavy atom. The number of Topliss-reactive ketones (excluding diaryl/α,β-unsaturated/α-hetero) is 1. The molecule has 1 saturated heterocycles. The molecule has 5 aliphatic rings. The molecule has 0 aromatic heterocycles. The summed E-state index contributed by atoms with van der Waals surface area (Å²) in [4.78, 5) is 17.6. The van der Waals surface area contributed by atoms with E-state index >= 15 is 0 Å². The maximum Gasteiger partial charge on any atom is 0.193 e. The fourth-order valence-corrected chi connectivity index (χ4v) is 8.19. The van der Waals surface area contributed by atoms with Gasteiger partial charge in [0.05, 0.1) is 17.9 Å². The highest BCUT2D eigenvalue weighted by Gasteiger charge is 2.76. The molecular formula is C25H35NO5. The first-order chi connectivity index (χ1) is 14.5. The lowest BCUT2D eigenvalue weighted by Gasteiger charge is -2.60. The van der Waals surface area contributed by atoms with Crippen LogP contribution in [0.15, 0.2) is 28.8 Å². The molecular weight excluding hydrogens is 394 g/mol. The number of nitrogens with zero attached hydrogens (tertiary/aromatic N) is 1. The summed E-state index contributed by atoms with van der Waals surface area (Å²) >= 11 is 0. The van der Waals surface area contributed by atoms with E-state index in [4.69, 9.17) is 9.47 Å². The van der Waals surface area contributed by atoms with Crippen LogP contribution >= 0.6 is 0 Å². The number of aliphatic imine (C=N–C) groups is 1. The van der Waals surface area contributed by atoms with Crippen LogP contribution in [0.25, 0.3) is 0 Å². The summed E-state index contributed by atoms with van der Waals surface area (Å²) in [7, 11) is 1.81. The zero-order valence-corrected chi connectivity index (χ0v) is 19.2. The number of ketones is 1. The number of hydrogen-bond donors (Lipinski definition) is 2. The number of aliphatic hydroxyl groups excluding tert-OH is 2. The quantitative estimate of drug-likeness (QED) is 0.705. The van der Waals surface area contributed by atoms with Crippen molar-refractivity contribution in [3.05, 3.63) is 23.8 Å². The summed E-state index contributed by atoms with van der Waals surface area (Å²) in [6.45, 7) is 7.41. The SMILES string of the molecule is CN=C1C=C[C@@]2(C)C(=C1)CC[C@@H]1[C@@H]2[C@@H](O)C[C@@]2(C)[C@H]1C[C@H]1OC(C)(C)O[C@]12C(=O)CO. The van der Waals surface area contributed by atoms with Crippen LogP contribution in [-0.4, -0.2) is 59.0 Å². The zero-order chi connectivity index (χ0) is 22.4. The summed E-state index contributed by atoms with van der Waals surface area (Å²) < 4.78 is 12.6. The van der Waals surface area contributed by atoms with Crippen molar-refractivity contribution in [1.82, 2.24) is 0 Å². The molecule has 4 aliphatic carbocycles. The van der Waals surface area contributed by atoms with Crippen LogP contribution in [-0.2, 0) is 14.3 Å². The molecule has 3 saturated carbocycles. The van der Waals surface area contributed by atoms with Gasteiger partial charge in [0.15, 0.2) is 17.2 Å². The lowest BCUT2D eigenvalue weighted by atomic mass is 9.46. The van der Waals surface area contributed by atoms with Gasteiger partial charge in [-0.25, -0.2) is 0 Å². The number of fused-ring (bicyclic) bond motifs is 7. The van der Waals surface area contributed by atoms with E-state index in [9.17, 15) is 15.0 Å². The number of allylic oxidation sites excluding steroid dienone is 4. The Bertz CT molecular complexity index is 906. The lowest BCUT2D eigenvalue weighted by molar-refractivity contribution is -0.225. The predicted molar refractivity (Wildman–Crippen MR) is 117 cm³/mol. The molecule has 8 atom stereocenters. The van der Waals surface area contributed by atoms with Gasteiger partial charge in [0.1, 0.15) is 6.61 Å². The number of rotatable bonds is 2. The maximum absolute atomic E-state index is 13.2. The summed E-state index contributed by atoms with van der Waals surface area (Å²) in [5, 5.41) is 21.5.